The molecular weight excluding hydrogens is 258 g/mol. The number of hydrogen-bond donors (Lipinski definition) is 2. The molecule has 5 heteroatoms. The minimum Gasteiger partial charge on any atom is -0.481 e. The number of aliphatic carboxylic acids is 1. The third-order valence-electron chi connectivity index (χ3n) is 2.83. The SMILES string of the molecule is O=C(O)CC1(SCc2ccc(Cl)cc2)CNC1. The van der Waals surface area contributed by atoms with Gasteiger partial charge in [0.1, 0.15) is 0 Å². The first-order valence-electron chi connectivity index (χ1n) is 5.41. The third kappa shape index (κ3) is 3.37. The van der Waals surface area contributed by atoms with Crippen LogP contribution in [-0.2, 0) is 10.5 Å². The van der Waals surface area contributed by atoms with Gasteiger partial charge in [-0.1, -0.05) is 23.7 Å². The van der Waals surface area contributed by atoms with Crippen LogP contribution >= 0.6 is 23.4 Å². The zero-order valence-corrected chi connectivity index (χ0v) is 10.9. The number of carbonyl (C=O) groups is 1. The standard InChI is InChI=1S/C12H14ClNO2S/c13-10-3-1-9(2-4-10)6-17-12(5-11(15)16)7-14-8-12/h1-4,14H,5-8H2,(H,15,16). The van der Waals surface area contributed by atoms with Crippen LogP contribution in [0.2, 0.25) is 5.02 Å². The Morgan fingerprint density at radius 3 is 2.53 bits per heavy atom. The third-order valence-corrected chi connectivity index (χ3v) is 4.60. The highest BCUT2D eigenvalue weighted by molar-refractivity contribution is 8.00. The van der Waals surface area contributed by atoms with Crippen LogP contribution in [0.4, 0.5) is 0 Å². The van der Waals surface area contributed by atoms with Gasteiger partial charge in [0.25, 0.3) is 0 Å². The first-order valence-corrected chi connectivity index (χ1v) is 6.77. The van der Waals surface area contributed by atoms with E-state index in [4.69, 9.17) is 16.7 Å². The second kappa shape index (κ2) is 5.29. The lowest BCUT2D eigenvalue weighted by atomic mass is 9.98. The van der Waals surface area contributed by atoms with E-state index in [-0.39, 0.29) is 11.2 Å². The summed E-state index contributed by atoms with van der Waals surface area (Å²) in [6, 6.07) is 7.69. The fourth-order valence-electron chi connectivity index (χ4n) is 1.77. The molecule has 0 unspecified atom stereocenters. The van der Waals surface area contributed by atoms with Crippen LogP contribution in [0.25, 0.3) is 0 Å². The quantitative estimate of drug-likeness (QED) is 0.863. The van der Waals surface area contributed by atoms with Crippen molar-refractivity contribution in [1.82, 2.24) is 5.32 Å². The summed E-state index contributed by atoms with van der Waals surface area (Å²) < 4.78 is -0.133. The van der Waals surface area contributed by atoms with Crippen molar-refractivity contribution < 1.29 is 9.90 Å². The Kier molecular flexibility index (Phi) is 3.97. The molecule has 1 aromatic rings. The van der Waals surface area contributed by atoms with Gasteiger partial charge in [0.2, 0.25) is 0 Å². The predicted octanol–water partition coefficient (Wildman–Crippen LogP) is 2.39. The van der Waals surface area contributed by atoms with E-state index in [1.165, 1.54) is 5.56 Å². The highest BCUT2D eigenvalue weighted by Crippen LogP contribution is 2.35. The Hall–Kier alpha value is -0.710. The number of carboxylic acids is 1. The zero-order valence-electron chi connectivity index (χ0n) is 9.28. The number of thioether (sulfide) groups is 1. The minimum absolute atomic E-state index is 0.133. The van der Waals surface area contributed by atoms with Crippen molar-refractivity contribution in [1.29, 1.82) is 0 Å². The Morgan fingerprint density at radius 2 is 2.06 bits per heavy atom. The molecule has 2 N–H and O–H groups in total. The molecule has 0 atom stereocenters. The van der Waals surface area contributed by atoms with E-state index in [0.717, 1.165) is 23.9 Å². The second-order valence-electron chi connectivity index (χ2n) is 4.27. The van der Waals surface area contributed by atoms with Crippen LogP contribution in [0.5, 0.6) is 0 Å². The zero-order chi connectivity index (χ0) is 12.3. The van der Waals surface area contributed by atoms with Gasteiger partial charge in [0.05, 0.1) is 11.2 Å². The van der Waals surface area contributed by atoms with E-state index in [0.29, 0.717) is 0 Å². The van der Waals surface area contributed by atoms with Crippen LogP contribution < -0.4 is 5.32 Å². The van der Waals surface area contributed by atoms with Gasteiger partial charge in [-0.25, -0.2) is 0 Å². The molecule has 1 saturated heterocycles. The summed E-state index contributed by atoms with van der Waals surface area (Å²) in [6.45, 7) is 1.55. The average Bonchev–Trinajstić information content (AvgIpc) is 2.23. The van der Waals surface area contributed by atoms with Crippen molar-refractivity contribution in [2.75, 3.05) is 13.1 Å². The molecule has 0 spiro atoms. The van der Waals surface area contributed by atoms with Crippen LogP contribution in [-0.4, -0.2) is 28.9 Å². The van der Waals surface area contributed by atoms with E-state index in [2.05, 4.69) is 5.32 Å². The fourth-order valence-corrected chi connectivity index (χ4v) is 3.20. The molecule has 1 aromatic carbocycles. The summed E-state index contributed by atoms with van der Waals surface area (Å²) >= 11 is 7.53. The van der Waals surface area contributed by atoms with Gasteiger partial charge in [-0.05, 0) is 17.7 Å². The highest BCUT2D eigenvalue weighted by atomic mass is 35.5. The number of nitrogens with one attached hydrogen (secondary N) is 1. The molecule has 0 radical (unpaired) electrons. The molecule has 0 amide bonds. The Morgan fingerprint density at radius 1 is 1.41 bits per heavy atom. The topological polar surface area (TPSA) is 49.3 Å². The lowest BCUT2D eigenvalue weighted by Gasteiger charge is -2.41. The Bertz CT molecular complexity index is 403. The molecule has 1 aliphatic rings. The number of benzene rings is 1. The maximum atomic E-state index is 10.8. The van der Waals surface area contributed by atoms with E-state index < -0.39 is 5.97 Å². The maximum Gasteiger partial charge on any atom is 0.304 e. The Labute approximate surface area is 110 Å². The van der Waals surface area contributed by atoms with Crippen molar-refractivity contribution in [2.24, 2.45) is 0 Å². The fraction of sp³-hybridized carbons (Fsp3) is 0.417. The summed E-state index contributed by atoms with van der Waals surface area (Å²) in [5, 5.41) is 12.8. The summed E-state index contributed by atoms with van der Waals surface area (Å²) in [4.78, 5) is 10.8. The number of hydrogen-bond acceptors (Lipinski definition) is 3. The van der Waals surface area contributed by atoms with Crippen LogP contribution in [0.1, 0.15) is 12.0 Å². The van der Waals surface area contributed by atoms with Crippen molar-refractivity contribution in [2.45, 2.75) is 16.9 Å². The molecule has 92 valence electrons. The first-order chi connectivity index (χ1) is 8.10. The van der Waals surface area contributed by atoms with Crippen LogP contribution in [0, 0.1) is 0 Å². The van der Waals surface area contributed by atoms with Gasteiger partial charge in [-0.15, -0.1) is 11.8 Å². The first kappa shape index (κ1) is 12.7. The lowest BCUT2D eigenvalue weighted by Crippen LogP contribution is -2.58. The van der Waals surface area contributed by atoms with E-state index >= 15 is 0 Å². The molecule has 0 bridgehead atoms. The largest absolute Gasteiger partial charge is 0.481 e. The van der Waals surface area contributed by atoms with Gasteiger partial charge in [0, 0.05) is 23.9 Å². The molecule has 1 fully saturated rings. The van der Waals surface area contributed by atoms with Gasteiger partial charge < -0.3 is 10.4 Å². The minimum atomic E-state index is -0.727. The molecule has 1 heterocycles. The van der Waals surface area contributed by atoms with E-state index in [1.54, 1.807) is 11.8 Å². The van der Waals surface area contributed by atoms with Gasteiger partial charge in [-0.3, -0.25) is 4.79 Å². The number of halogens is 1. The van der Waals surface area contributed by atoms with Gasteiger partial charge in [-0.2, -0.15) is 0 Å². The summed E-state index contributed by atoms with van der Waals surface area (Å²) in [7, 11) is 0. The molecule has 0 saturated carbocycles. The van der Waals surface area contributed by atoms with E-state index in [9.17, 15) is 4.79 Å². The normalized spacial score (nSPS) is 17.5. The highest BCUT2D eigenvalue weighted by Gasteiger charge is 2.39. The molecule has 1 aliphatic heterocycles. The molecular formula is C12H14ClNO2S. The number of rotatable bonds is 5. The summed E-state index contributed by atoms with van der Waals surface area (Å²) in [6.07, 6.45) is 0.220. The van der Waals surface area contributed by atoms with Crippen molar-refractivity contribution in [3.8, 4) is 0 Å². The maximum absolute atomic E-state index is 10.8. The molecule has 0 aliphatic carbocycles. The second-order valence-corrected chi connectivity index (χ2v) is 6.15. The molecule has 0 aromatic heterocycles. The lowest BCUT2D eigenvalue weighted by molar-refractivity contribution is -0.138. The predicted molar refractivity (Wildman–Crippen MR) is 70.6 cm³/mol. The molecule has 3 nitrogen and oxygen atoms in total. The van der Waals surface area contributed by atoms with Gasteiger partial charge in [0.15, 0.2) is 0 Å². The average molecular weight is 272 g/mol. The summed E-state index contributed by atoms with van der Waals surface area (Å²) in [5.74, 6) is 0.0988. The van der Waals surface area contributed by atoms with Crippen molar-refractivity contribution >= 4 is 29.3 Å². The van der Waals surface area contributed by atoms with Crippen molar-refractivity contribution in [3.05, 3.63) is 34.9 Å². The monoisotopic (exact) mass is 271 g/mol. The van der Waals surface area contributed by atoms with Crippen LogP contribution in [0.3, 0.4) is 0 Å². The summed E-state index contributed by atoms with van der Waals surface area (Å²) in [5.41, 5.74) is 1.18. The molecule has 17 heavy (non-hydrogen) atoms. The van der Waals surface area contributed by atoms with Crippen LogP contribution in [0.15, 0.2) is 24.3 Å². The molecule has 2 rings (SSSR count). The van der Waals surface area contributed by atoms with Gasteiger partial charge >= 0.3 is 5.97 Å². The van der Waals surface area contributed by atoms with E-state index in [1.807, 2.05) is 24.3 Å². The van der Waals surface area contributed by atoms with Crippen molar-refractivity contribution in [3.63, 3.8) is 0 Å². The smallest absolute Gasteiger partial charge is 0.304 e. The Balaban J connectivity index is 1.92. The number of carboxylic acid groups (broad SMARTS) is 1.